The van der Waals surface area contributed by atoms with Gasteiger partial charge in [0.05, 0.1) is 4.92 Å². The quantitative estimate of drug-likeness (QED) is 0.461. The molecule has 9 heteroatoms. The molecule has 0 amide bonds. The Morgan fingerprint density at radius 1 is 0.852 bits per heavy atom. The van der Waals surface area contributed by atoms with Gasteiger partial charge in [0.2, 0.25) is 0 Å². The van der Waals surface area contributed by atoms with E-state index < -0.39 is 14.8 Å². The Kier molecular flexibility index (Phi) is 4.88. The van der Waals surface area contributed by atoms with Gasteiger partial charge in [0, 0.05) is 17.2 Å². The number of nitrogens with zero attached hydrogens (tertiary/aromatic N) is 1. The number of nitro benzene ring substituents is 1. The highest BCUT2D eigenvalue weighted by Gasteiger charge is 2.41. The summed E-state index contributed by atoms with van der Waals surface area (Å²) in [5, 5.41) is 11.2. The van der Waals surface area contributed by atoms with E-state index in [1.807, 2.05) is 0 Å². The fourth-order valence-corrected chi connectivity index (χ4v) is 4.08. The third-order valence-electron chi connectivity index (χ3n) is 3.48. The lowest BCUT2D eigenvalue weighted by atomic mass is 10.3. The summed E-state index contributed by atoms with van der Waals surface area (Å²) in [7, 11) is -5.33. The van der Waals surface area contributed by atoms with E-state index in [-0.39, 0.29) is 22.1 Å². The van der Waals surface area contributed by atoms with Crippen molar-refractivity contribution in [2.24, 2.45) is 0 Å². The van der Waals surface area contributed by atoms with Crippen molar-refractivity contribution in [3.63, 3.8) is 0 Å². The molecular formula is C18H14ClNO6S. The smallest absolute Gasteiger partial charge is 0.296 e. The maximum atomic E-state index is 13.6. The highest BCUT2D eigenvalue weighted by atomic mass is 35.5. The summed E-state index contributed by atoms with van der Waals surface area (Å²) in [6, 6.07) is 18.2. The van der Waals surface area contributed by atoms with E-state index in [9.17, 15) is 18.9 Å². The van der Waals surface area contributed by atoms with Crippen molar-refractivity contribution >= 4 is 27.2 Å². The zero-order valence-electron chi connectivity index (χ0n) is 13.7. The SMILES string of the molecule is O=[N+]([O-])c1ccc(OS(=O)(O)(Oc2ccc(Cl)cc2)c2ccccc2)cc1. The molecule has 27 heavy (non-hydrogen) atoms. The molecule has 0 spiro atoms. The molecule has 0 bridgehead atoms. The van der Waals surface area contributed by atoms with E-state index in [1.54, 1.807) is 18.2 Å². The highest BCUT2D eigenvalue weighted by Crippen LogP contribution is 2.38. The van der Waals surface area contributed by atoms with E-state index in [2.05, 4.69) is 0 Å². The maximum absolute atomic E-state index is 13.6. The molecule has 0 heterocycles. The molecule has 7 nitrogen and oxygen atoms in total. The monoisotopic (exact) mass is 407 g/mol. The Bertz CT molecular complexity index is 1020. The summed E-state index contributed by atoms with van der Waals surface area (Å²) in [6.07, 6.45) is 0. The topological polar surface area (TPSA) is 98.9 Å². The normalized spacial score (nSPS) is 12.6. The number of nitro groups is 1. The van der Waals surface area contributed by atoms with Crippen molar-refractivity contribution in [1.82, 2.24) is 0 Å². The summed E-state index contributed by atoms with van der Waals surface area (Å²) in [5.74, 6) is -0.0115. The van der Waals surface area contributed by atoms with Crippen LogP contribution in [0.25, 0.3) is 0 Å². The lowest BCUT2D eigenvalue weighted by Crippen LogP contribution is -2.44. The predicted octanol–water partition coefficient (Wildman–Crippen LogP) is 4.89. The zero-order chi connectivity index (χ0) is 19.5. The van der Waals surface area contributed by atoms with Crippen LogP contribution in [0.3, 0.4) is 0 Å². The average Bonchev–Trinajstić information content (AvgIpc) is 2.65. The Balaban J connectivity index is 2.03. The number of hydrogen-bond donors (Lipinski definition) is 1. The van der Waals surface area contributed by atoms with Crippen LogP contribution in [0.4, 0.5) is 5.69 Å². The van der Waals surface area contributed by atoms with E-state index in [0.717, 1.165) is 12.1 Å². The Hall–Kier alpha value is -2.94. The van der Waals surface area contributed by atoms with Gasteiger partial charge in [-0.1, -0.05) is 29.8 Å². The van der Waals surface area contributed by atoms with Gasteiger partial charge in [-0.3, -0.25) is 14.7 Å². The second-order valence-corrected chi connectivity index (χ2v) is 8.23. The Morgan fingerprint density at radius 3 is 1.81 bits per heavy atom. The van der Waals surface area contributed by atoms with E-state index in [1.165, 1.54) is 48.5 Å². The number of rotatable bonds is 6. The summed E-state index contributed by atoms with van der Waals surface area (Å²) in [6.45, 7) is 0. The minimum absolute atomic E-state index is 0.0599. The number of halogens is 1. The summed E-state index contributed by atoms with van der Waals surface area (Å²) in [4.78, 5) is 10.1. The van der Waals surface area contributed by atoms with Gasteiger partial charge in [0.15, 0.2) is 0 Å². The van der Waals surface area contributed by atoms with Gasteiger partial charge in [0.1, 0.15) is 16.4 Å². The minimum atomic E-state index is -5.33. The van der Waals surface area contributed by atoms with Crippen molar-refractivity contribution in [2.45, 2.75) is 4.90 Å². The van der Waals surface area contributed by atoms with Crippen LogP contribution in [0.15, 0.2) is 83.8 Å². The highest BCUT2D eigenvalue weighted by molar-refractivity contribution is 8.07. The number of benzene rings is 3. The lowest BCUT2D eigenvalue weighted by molar-refractivity contribution is -0.384. The number of non-ortho nitro benzene ring substituents is 1. The molecule has 0 aliphatic rings. The minimum Gasteiger partial charge on any atom is -0.374 e. The molecule has 0 aromatic heterocycles. The summed E-state index contributed by atoms with van der Waals surface area (Å²) < 4.78 is 35.4. The van der Waals surface area contributed by atoms with Crippen LogP contribution in [-0.2, 0) is 9.91 Å². The molecule has 0 saturated carbocycles. The summed E-state index contributed by atoms with van der Waals surface area (Å²) >= 11 is 5.83. The van der Waals surface area contributed by atoms with Gasteiger partial charge in [-0.15, -0.1) is 0 Å². The molecule has 0 unspecified atom stereocenters. The fraction of sp³-hybridized carbons (Fsp3) is 0. The second kappa shape index (κ2) is 6.99. The van der Waals surface area contributed by atoms with E-state index >= 15 is 0 Å². The Morgan fingerprint density at radius 2 is 1.33 bits per heavy atom. The van der Waals surface area contributed by atoms with Crippen LogP contribution in [0.5, 0.6) is 11.5 Å². The van der Waals surface area contributed by atoms with Crippen LogP contribution >= 0.6 is 11.6 Å². The molecule has 1 N–H and O–H groups in total. The van der Waals surface area contributed by atoms with Crippen molar-refractivity contribution < 1.29 is 22.1 Å². The number of hydrogen-bond acceptors (Lipinski definition) is 5. The molecule has 140 valence electrons. The molecular weight excluding hydrogens is 394 g/mol. The van der Waals surface area contributed by atoms with E-state index in [0.29, 0.717) is 5.02 Å². The van der Waals surface area contributed by atoms with Gasteiger partial charge < -0.3 is 8.37 Å². The predicted molar refractivity (Wildman–Crippen MR) is 101 cm³/mol. The van der Waals surface area contributed by atoms with Crippen LogP contribution in [0.2, 0.25) is 5.02 Å². The molecule has 0 aliphatic carbocycles. The first-order chi connectivity index (χ1) is 12.7. The average molecular weight is 408 g/mol. The maximum Gasteiger partial charge on any atom is 0.296 e. The van der Waals surface area contributed by atoms with Crippen LogP contribution in [0.1, 0.15) is 0 Å². The van der Waals surface area contributed by atoms with Crippen molar-refractivity contribution in [3.05, 3.63) is 94.0 Å². The van der Waals surface area contributed by atoms with Crippen molar-refractivity contribution in [1.29, 1.82) is 0 Å². The molecule has 3 rings (SSSR count). The molecule has 0 fully saturated rings. The van der Waals surface area contributed by atoms with Gasteiger partial charge in [0.25, 0.3) is 15.6 Å². The van der Waals surface area contributed by atoms with Crippen LogP contribution < -0.4 is 8.37 Å². The third-order valence-corrected chi connectivity index (χ3v) is 5.77. The fourth-order valence-electron chi connectivity index (χ4n) is 2.21. The first-order valence-corrected chi connectivity index (χ1v) is 9.78. The van der Waals surface area contributed by atoms with E-state index in [4.69, 9.17) is 20.0 Å². The van der Waals surface area contributed by atoms with Crippen molar-refractivity contribution in [2.75, 3.05) is 0 Å². The van der Waals surface area contributed by atoms with Gasteiger partial charge >= 0.3 is 0 Å². The molecule has 0 atom stereocenters. The second-order valence-electron chi connectivity index (χ2n) is 5.45. The zero-order valence-corrected chi connectivity index (χ0v) is 15.3. The van der Waals surface area contributed by atoms with Crippen LogP contribution in [-0.4, -0.2) is 13.7 Å². The molecule has 3 aromatic rings. The lowest BCUT2D eigenvalue weighted by Gasteiger charge is -2.36. The van der Waals surface area contributed by atoms with Crippen LogP contribution in [0, 0.1) is 10.1 Å². The molecule has 0 aliphatic heterocycles. The van der Waals surface area contributed by atoms with Gasteiger partial charge in [-0.2, -0.15) is 4.21 Å². The third kappa shape index (κ3) is 4.25. The first kappa shape index (κ1) is 18.8. The molecule has 0 saturated heterocycles. The first-order valence-electron chi connectivity index (χ1n) is 7.63. The van der Waals surface area contributed by atoms with Gasteiger partial charge in [-0.25, -0.2) is 0 Å². The van der Waals surface area contributed by atoms with Gasteiger partial charge in [-0.05, 0) is 48.5 Å². The van der Waals surface area contributed by atoms with Crippen molar-refractivity contribution in [3.8, 4) is 11.5 Å². The molecule has 0 radical (unpaired) electrons. The standard InChI is InChI=1S/C18H14ClNO6S/c19-14-6-10-16(11-7-14)25-27(23,24,18-4-2-1-3-5-18)26-17-12-8-15(9-13-17)20(21)22/h1-13H,(H,23,24). The molecule has 3 aromatic carbocycles. The Labute approximate surface area is 159 Å². The largest absolute Gasteiger partial charge is 0.374 e. The summed E-state index contributed by atoms with van der Waals surface area (Å²) in [5.41, 5.74) is -0.179.